The molecule has 3 rings (SSSR count). The predicted octanol–water partition coefficient (Wildman–Crippen LogP) is 7.13. The number of halogens is 1. The molecule has 8 nitrogen and oxygen atoms in total. The highest BCUT2D eigenvalue weighted by atomic mass is 28.4. The van der Waals surface area contributed by atoms with Gasteiger partial charge in [0, 0.05) is 24.6 Å². The van der Waals surface area contributed by atoms with E-state index >= 15 is 0 Å². The van der Waals surface area contributed by atoms with Gasteiger partial charge in [-0.2, -0.15) is 0 Å². The average Bonchev–Trinajstić information content (AvgIpc) is 3.34. The Morgan fingerprint density at radius 3 is 2.23 bits per heavy atom. The van der Waals surface area contributed by atoms with Crippen LogP contribution in [0.25, 0.3) is 17.3 Å². The molecule has 1 N–H and O–H groups in total. The lowest BCUT2D eigenvalue weighted by Crippen LogP contribution is -2.44. The minimum absolute atomic E-state index is 0.0236. The van der Waals surface area contributed by atoms with Crippen molar-refractivity contribution in [2.24, 2.45) is 0 Å². The van der Waals surface area contributed by atoms with E-state index in [1.807, 2.05) is 44.2 Å². The van der Waals surface area contributed by atoms with Crippen LogP contribution in [0.3, 0.4) is 0 Å². The molecule has 0 aliphatic rings. The third-order valence-corrected chi connectivity index (χ3v) is 12.4. The summed E-state index contributed by atoms with van der Waals surface area (Å²) in [4.78, 5) is 43.6. The van der Waals surface area contributed by atoms with E-state index < -0.39 is 26.2 Å². The first-order valence-corrected chi connectivity index (χ1v) is 17.7. The topological polar surface area (TPSA) is 99.5 Å². The largest absolute Gasteiger partial charge is 0.469 e. The van der Waals surface area contributed by atoms with Gasteiger partial charge < -0.3 is 19.0 Å². The molecule has 10 heteroatoms. The molecule has 0 saturated heterocycles. The van der Waals surface area contributed by atoms with E-state index in [4.69, 9.17) is 14.1 Å². The smallest absolute Gasteiger partial charge is 0.308 e. The van der Waals surface area contributed by atoms with Crippen molar-refractivity contribution >= 4 is 32.1 Å². The number of amides is 1. The Hall–Kier alpha value is -3.89. The predicted molar refractivity (Wildman–Crippen MR) is 173 cm³/mol. The van der Waals surface area contributed by atoms with Gasteiger partial charge in [-0.1, -0.05) is 51.1 Å². The molecule has 1 heterocycles. The van der Waals surface area contributed by atoms with Crippen LogP contribution in [-0.4, -0.2) is 48.7 Å². The van der Waals surface area contributed by atoms with Gasteiger partial charge in [0.25, 0.3) is 5.91 Å². The van der Waals surface area contributed by atoms with Crippen LogP contribution in [0.15, 0.2) is 60.7 Å². The van der Waals surface area contributed by atoms with Gasteiger partial charge in [-0.05, 0) is 74.0 Å². The zero-order valence-electron chi connectivity index (χ0n) is 26.9. The number of ether oxygens (including phenoxy) is 1. The van der Waals surface area contributed by atoms with Crippen molar-refractivity contribution in [2.75, 3.05) is 7.11 Å². The number of carbonyl (C=O) groups excluding carboxylic acids is 3. The van der Waals surface area contributed by atoms with Crippen molar-refractivity contribution in [3.8, 4) is 11.3 Å². The number of aromatic nitrogens is 2. The Morgan fingerprint density at radius 2 is 1.66 bits per heavy atom. The summed E-state index contributed by atoms with van der Waals surface area (Å²) in [5, 5.41) is 2.81. The summed E-state index contributed by atoms with van der Waals surface area (Å²) in [7, 11) is -0.987. The van der Waals surface area contributed by atoms with Crippen LogP contribution in [0.2, 0.25) is 18.1 Å². The third kappa shape index (κ3) is 9.06. The molecule has 0 unspecified atom stereocenters. The second-order valence-corrected chi connectivity index (χ2v) is 17.3. The molecule has 0 aliphatic carbocycles. The Balaban J connectivity index is 1.98. The summed E-state index contributed by atoms with van der Waals surface area (Å²) >= 11 is 0. The maximum Gasteiger partial charge on any atom is 0.308 e. The van der Waals surface area contributed by atoms with E-state index in [0.29, 0.717) is 23.5 Å². The van der Waals surface area contributed by atoms with E-state index in [2.05, 4.69) is 39.2 Å². The zero-order valence-corrected chi connectivity index (χ0v) is 27.9. The number of hydrogen-bond donors (Lipinski definition) is 1. The van der Waals surface area contributed by atoms with Crippen LogP contribution in [0.4, 0.5) is 4.39 Å². The van der Waals surface area contributed by atoms with Crippen LogP contribution < -0.4 is 5.32 Å². The maximum absolute atomic E-state index is 13.8. The molecule has 44 heavy (non-hydrogen) atoms. The van der Waals surface area contributed by atoms with Gasteiger partial charge in [0.1, 0.15) is 5.82 Å². The molecule has 1 aromatic heterocycles. The molecular formula is C34H44FN3O5Si. The van der Waals surface area contributed by atoms with Crippen molar-refractivity contribution in [1.82, 2.24) is 14.9 Å². The lowest BCUT2D eigenvalue weighted by molar-refractivity contribution is -0.142. The van der Waals surface area contributed by atoms with Gasteiger partial charge in [0.2, 0.25) is 0 Å². The molecular weight excluding hydrogens is 577 g/mol. The minimum Gasteiger partial charge on any atom is -0.469 e. The third-order valence-electron chi connectivity index (χ3n) is 7.83. The van der Waals surface area contributed by atoms with Crippen LogP contribution in [0, 0.1) is 5.82 Å². The Kier molecular flexibility index (Phi) is 11.6. The molecule has 1 amide bonds. The summed E-state index contributed by atoms with van der Waals surface area (Å²) in [5.74, 6) is -1.31. The van der Waals surface area contributed by atoms with Gasteiger partial charge in [-0.3, -0.25) is 14.4 Å². The van der Waals surface area contributed by atoms with E-state index in [9.17, 15) is 18.8 Å². The summed E-state index contributed by atoms with van der Waals surface area (Å²) in [6.07, 6.45) is 2.34. The lowest BCUT2D eigenvalue weighted by Gasteiger charge is -2.39. The molecule has 0 aliphatic heterocycles. The summed E-state index contributed by atoms with van der Waals surface area (Å²) in [6.45, 7) is 14.6. The number of hydrogen-bond acceptors (Lipinski definition) is 6. The number of nitrogens with one attached hydrogen (secondary N) is 1. The van der Waals surface area contributed by atoms with E-state index in [-0.39, 0.29) is 41.4 Å². The zero-order chi connectivity index (χ0) is 32.7. The number of esters is 1. The SMILES string of the molecule is COC(=O)C[C@@H](CC(=O)C=Cc1c(-c2ccc(F)cc2)nc(C(=O)NCc2ccccc2)n1C(C)C)O[Si](C)(C)C(C)(C)C. The monoisotopic (exact) mass is 621 g/mol. The van der Waals surface area contributed by atoms with Crippen molar-refractivity contribution in [3.05, 3.63) is 83.6 Å². The second-order valence-electron chi connectivity index (χ2n) is 12.6. The fourth-order valence-corrected chi connectivity index (χ4v) is 5.80. The standard InChI is InChI=1S/C34H44FN3O5Si/c1-23(2)38-29(19-18-27(39)20-28(21-30(40)42-6)43-44(7,8)34(3,4)5)31(25-14-16-26(35)17-15-25)37-32(38)33(41)36-22-24-12-10-9-11-13-24/h9-19,23,28H,20-22H2,1-8H3,(H,36,41)/t28-/m1/s1. The van der Waals surface area contributed by atoms with E-state index in [1.54, 1.807) is 22.8 Å². The van der Waals surface area contributed by atoms with Crippen molar-refractivity contribution in [3.63, 3.8) is 0 Å². The van der Waals surface area contributed by atoms with Gasteiger partial charge >= 0.3 is 5.97 Å². The van der Waals surface area contributed by atoms with Gasteiger partial charge in [-0.15, -0.1) is 0 Å². The van der Waals surface area contributed by atoms with Crippen LogP contribution in [0.1, 0.15) is 75.4 Å². The lowest BCUT2D eigenvalue weighted by atomic mass is 10.1. The maximum atomic E-state index is 13.8. The van der Waals surface area contributed by atoms with E-state index in [0.717, 1.165) is 5.56 Å². The first-order valence-electron chi connectivity index (χ1n) is 14.8. The first kappa shape index (κ1) is 34.6. The molecule has 2 aromatic carbocycles. The second kappa shape index (κ2) is 14.7. The summed E-state index contributed by atoms with van der Waals surface area (Å²) in [6, 6.07) is 15.2. The molecule has 236 valence electrons. The molecule has 3 aromatic rings. The van der Waals surface area contributed by atoms with Crippen LogP contribution in [0.5, 0.6) is 0 Å². The van der Waals surface area contributed by atoms with Gasteiger partial charge in [0.15, 0.2) is 19.9 Å². The van der Waals surface area contributed by atoms with Crippen molar-refractivity contribution in [2.45, 2.75) is 84.3 Å². The molecule has 0 bridgehead atoms. The molecule has 0 radical (unpaired) electrons. The number of rotatable bonds is 13. The minimum atomic E-state index is -2.30. The molecule has 1 atom stereocenters. The van der Waals surface area contributed by atoms with Crippen LogP contribution in [-0.2, 0) is 25.3 Å². The van der Waals surface area contributed by atoms with Gasteiger partial charge in [-0.25, -0.2) is 9.37 Å². The highest BCUT2D eigenvalue weighted by molar-refractivity contribution is 6.74. The number of benzene rings is 2. The first-order chi connectivity index (χ1) is 20.6. The van der Waals surface area contributed by atoms with Crippen LogP contribution >= 0.6 is 0 Å². The number of imidazole rings is 1. The fraction of sp³-hybridized carbons (Fsp3) is 0.412. The Labute approximate surface area is 260 Å². The average molecular weight is 622 g/mol. The highest BCUT2D eigenvalue weighted by Crippen LogP contribution is 2.38. The summed E-state index contributed by atoms with van der Waals surface area (Å²) < 4.78 is 26.9. The quantitative estimate of drug-likeness (QED) is 0.124. The Bertz CT molecular complexity index is 1480. The van der Waals surface area contributed by atoms with Crippen molar-refractivity contribution < 1.29 is 27.9 Å². The molecule has 0 fully saturated rings. The normalized spacial score (nSPS) is 12.9. The van der Waals surface area contributed by atoms with Crippen molar-refractivity contribution in [1.29, 1.82) is 0 Å². The number of carbonyl (C=O) groups is 3. The summed E-state index contributed by atoms with van der Waals surface area (Å²) in [5.41, 5.74) is 2.50. The van der Waals surface area contributed by atoms with E-state index in [1.165, 1.54) is 25.3 Å². The number of methoxy groups -OCH3 is 1. The Morgan fingerprint density at radius 1 is 1.02 bits per heavy atom. The number of nitrogens with zero attached hydrogens (tertiary/aromatic N) is 2. The van der Waals surface area contributed by atoms with Gasteiger partial charge in [0.05, 0.1) is 31.0 Å². The molecule has 0 spiro atoms. The molecule has 0 saturated carbocycles. The number of ketones is 1. The number of allylic oxidation sites excluding steroid dienone is 1. The fourth-order valence-electron chi connectivity index (χ4n) is 4.45. The highest BCUT2D eigenvalue weighted by Gasteiger charge is 2.40.